The molecule has 0 spiro atoms. The van der Waals surface area contributed by atoms with E-state index in [0.717, 1.165) is 0 Å². The number of hydrogen-bond acceptors (Lipinski definition) is 4. The van der Waals surface area contributed by atoms with Gasteiger partial charge in [-0.3, -0.25) is 5.32 Å². The molecule has 1 unspecified atom stereocenters. The molecule has 0 aliphatic heterocycles. The molecule has 5 nitrogen and oxygen atoms in total. The first-order valence-corrected chi connectivity index (χ1v) is 3.28. The largest absolute Gasteiger partial charge is 0.299 e. The first kappa shape index (κ1) is 7.36. The molecule has 10 heavy (non-hydrogen) atoms. The van der Waals surface area contributed by atoms with Crippen molar-refractivity contribution in [3.05, 3.63) is 0 Å². The molecular formula is C4H8N5S. The second-order valence-corrected chi connectivity index (χ2v) is 2.24. The van der Waals surface area contributed by atoms with Crippen molar-refractivity contribution in [3.63, 3.8) is 0 Å². The number of aromatic nitrogens is 4. The maximum Gasteiger partial charge on any atom is 0.241 e. The number of rotatable bonds is 2. The van der Waals surface area contributed by atoms with E-state index in [-0.39, 0.29) is 6.17 Å². The summed E-state index contributed by atoms with van der Waals surface area (Å²) in [5, 5.41) is 14.0. The summed E-state index contributed by atoms with van der Waals surface area (Å²) in [6.07, 6.45) is 0.0579. The van der Waals surface area contributed by atoms with Gasteiger partial charge in [0.2, 0.25) is 5.16 Å². The van der Waals surface area contributed by atoms with Gasteiger partial charge in [0, 0.05) is 0 Å². The topological polar surface area (TPSA) is 55.6 Å². The molecule has 0 aromatic carbocycles. The van der Waals surface area contributed by atoms with Crippen LogP contribution in [0.1, 0.15) is 13.1 Å². The highest BCUT2D eigenvalue weighted by atomic mass is 32.1. The molecule has 1 heterocycles. The second kappa shape index (κ2) is 2.89. The van der Waals surface area contributed by atoms with E-state index in [1.54, 1.807) is 0 Å². The SMILES string of the molecule is CNC(C)n1nnnc1[S]. The van der Waals surface area contributed by atoms with Gasteiger partial charge < -0.3 is 0 Å². The summed E-state index contributed by atoms with van der Waals surface area (Å²) in [6.45, 7) is 1.92. The lowest BCUT2D eigenvalue weighted by atomic mass is 10.6. The van der Waals surface area contributed by atoms with E-state index >= 15 is 0 Å². The Labute approximate surface area is 64.2 Å². The fraction of sp³-hybridized carbons (Fsp3) is 0.750. The minimum Gasteiger partial charge on any atom is -0.299 e. The molecule has 0 bridgehead atoms. The molecule has 55 valence electrons. The van der Waals surface area contributed by atoms with Crippen molar-refractivity contribution in [2.75, 3.05) is 7.05 Å². The second-order valence-electron chi connectivity index (χ2n) is 1.87. The minimum atomic E-state index is 0.0579. The Morgan fingerprint density at radius 2 is 2.40 bits per heavy atom. The van der Waals surface area contributed by atoms with E-state index in [1.165, 1.54) is 4.68 Å². The standard InChI is InChI=1S/C4H8N5S/c1-3(5-2)9-4(10)6-7-8-9/h3,5H,1-2H3. The molecule has 1 rings (SSSR count). The zero-order valence-electron chi connectivity index (χ0n) is 5.77. The monoisotopic (exact) mass is 158 g/mol. The van der Waals surface area contributed by atoms with E-state index in [9.17, 15) is 0 Å². The summed E-state index contributed by atoms with van der Waals surface area (Å²) in [5.41, 5.74) is 0. The summed E-state index contributed by atoms with van der Waals surface area (Å²) in [4.78, 5) is 0. The van der Waals surface area contributed by atoms with E-state index < -0.39 is 0 Å². The number of nitrogens with zero attached hydrogens (tertiary/aromatic N) is 4. The number of hydrogen-bond donors (Lipinski definition) is 1. The van der Waals surface area contributed by atoms with Gasteiger partial charge in [-0.25, -0.2) is 0 Å². The summed E-state index contributed by atoms with van der Waals surface area (Å²) >= 11 is 4.81. The van der Waals surface area contributed by atoms with Crippen molar-refractivity contribution in [1.82, 2.24) is 25.5 Å². The van der Waals surface area contributed by atoms with Crippen LogP contribution in [-0.4, -0.2) is 27.3 Å². The Hall–Kier alpha value is -0.750. The molecule has 0 saturated carbocycles. The van der Waals surface area contributed by atoms with Crippen LogP contribution < -0.4 is 5.32 Å². The predicted octanol–water partition coefficient (Wildman–Crippen LogP) is -0.0326. The molecule has 1 radical (unpaired) electrons. The summed E-state index contributed by atoms with van der Waals surface area (Å²) in [5.74, 6) is 0. The quantitative estimate of drug-likeness (QED) is 0.656. The van der Waals surface area contributed by atoms with Crippen molar-refractivity contribution in [3.8, 4) is 0 Å². The Balaban J connectivity index is 2.82. The lowest BCUT2D eigenvalue weighted by molar-refractivity contribution is 0.395. The van der Waals surface area contributed by atoms with Crippen LogP contribution in [0.5, 0.6) is 0 Å². The van der Waals surface area contributed by atoms with Crippen molar-refractivity contribution < 1.29 is 0 Å². The minimum absolute atomic E-state index is 0.0579. The van der Waals surface area contributed by atoms with Crippen LogP contribution in [0.25, 0.3) is 0 Å². The third-order valence-electron chi connectivity index (χ3n) is 1.25. The molecule has 0 amide bonds. The lowest BCUT2D eigenvalue weighted by Crippen LogP contribution is -2.21. The maximum atomic E-state index is 4.81. The van der Waals surface area contributed by atoms with Crippen LogP contribution in [0, 0.1) is 0 Å². The van der Waals surface area contributed by atoms with Crippen LogP contribution in [0.2, 0.25) is 0 Å². The van der Waals surface area contributed by atoms with Crippen LogP contribution in [-0.2, 0) is 0 Å². The molecule has 6 heteroatoms. The van der Waals surface area contributed by atoms with Crippen LogP contribution in [0.4, 0.5) is 0 Å². The number of nitrogens with one attached hydrogen (secondary N) is 1. The van der Waals surface area contributed by atoms with E-state index in [1.807, 2.05) is 14.0 Å². The zero-order valence-corrected chi connectivity index (χ0v) is 6.59. The normalized spacial score (nSPS) is 13.4. The van der Waals surface area contributed by atoms with Gasteiger partial charge in [-0.1, -0.05) is 5.10 Å². The lowest BCUT2D eigenvalue weighted by Gasteiger charge is -2.08. The third kappa shape index (κ3) is 1.22. The molecule has 0 aliphatic carbocycles. The third-order valence-corrected chi connectivity index (χ3v) is 1.52. The Kier molecular flexibility index (Phi) is 2.13. The van der Waals surface area contributed by atoms with Gasteiger partial charge in [-0.2, -0.15) is 4.68 Å². The molecule has 1 aromatic rings. The summed E-state index contributed by atoms with van der Waals surface area (Å²) in [6, 6.07) is 0. The van der Waals surface area contributed by atoms with Gasteiger partial charge in [-0.15, -0.1) is 0 Å². The van der Waals surface area contributed by atoms with Gasteiger partial charge in [0.05, 0.1) is 0 Å². The summed E-state index contributed by atoms with van der Waals surface area (Å²) in [7, 11) is 1.82. The first-order valence-electron chi connectivity index (χ1n) is 2.88. The molecule has 1 atom stereocenters. The van der Waals surface area contributed by atoms with Crippen LogP contribution in [0.3, 0.4) is 0 Å². The van der Waals surface area contributed by atoms with Gasteiger partial charge >= 0.3 is 0 Å². The molecule has 0 saturated heterocycles. The van der Waals surface area contributed by atoms with Crippen LogP contribution in [0.15, 0.2) is 5.16 Å². The maximum absolute atomic E-state index is 4.81. The highest BCUT2D eigenvalue weighted by molar-refractivity contribution is 7.80. The fourth-order valence-electron chi connectivity index (χ4n) is 0.551. The van der Waals surface area contributed by atoms with E-state index in [2.05, 4.69) is 20.8 Å². The highest BCUT2D eigenvalue weighted by Crippen LogP contribution is 2.03. The van der Waals surface area contributed by atoms with Gasteiger partial charge in [0.15, 0.2) is 0 Å². The Morgan fingerprint density at radius 3 is 2.80 bits per heavy atom. The van der Waals surface area contributed by atoms with Gasteiger partial charge in [-0.05, 0) is 37.0 Å². The van der Waals surface area contributed by atoms with Crippen molar-refractivity contribution >= 4 is 12.6 Å². The van der Waals surface area contributed by atoms with E-state index in [0.29, 0.717) is 5.16 Å². The van der Waals surface area contributed by atoms with Crippen LogP contribution >= 0.6 is 12.6 Å². The molecule has 1 aromatic heterocycles. The number of tetrazole rings is 1. The van der Waals surface area contributed by atoms with Crippen molar-refractivity contribution in [2.24, 2.45) is 0 Å². The average Bonchev–Trinajstić information content (AvgIpc) is 2.34. The fourth-order valence-corrected chi connectivity index (χ4v) is 0.782. The zero-order chi connectivity index (χ0) is 7.56. The van der Waals surface area contributed by atoms with Crippen molar-refractivity contribution in [1.29, 1.82) is 0 Å². The van der Waals surface area contributed by atoms with Gasteiger partial charge in [0.1, 0.15) is 6.17 Å². The molecule has 0 fully saturated rings. The average molecular weight is 158 g/mol. The summed E-state index contributed by atoms with van der Waals surface area (Å²) < 4.78 is 1.54. The first-order chi connectivity index (χ1) is 4.75. The Bertz CT molecular complexity index is 209. The van der Waals surface area contributed by atoms with E-state index in [4.69, 9.17) is 12.6 Å². The predicted molar refractivity (Wildman–Crippen MR) is 37.4 cm³/mol. The molecule has 0 aliphatic rings. The highest BCUT2D eigenvalue weighted by Gasteiger charge is 2.06. The van der Waals surface area contributed by atoms with Crippen molar-refractivity contribution in [2.45, 2.75) is 18.2 Å². The molecule has 1 N–H and O–H groups in total. The van der Waals surface area contributed by atoms with Gasteiger partial charge in [0.25, 0.3) is 0 Å². The molecular weight excluding hydrogens is 150 g/mol. The Morgan fingerprint density at radius 1 is 1.70 bits per heavy atom. The smallest absolute Gasteiger partial charge is 0.241 e.